The van der Waals surface area contributed by atoms with Gasteiger partial charge in [0, 0.05) is 6.04 Å². The first-order chi connectivity index (χ1) is 8.68. The summed E-state index contributed by atoms with van der Waals surface area (Å²) >= 11 is 0. The van der Waals surface area contributed by atoms with E-state index in [9.17, 15) is 9.90 Å². The van der Waals surface area contributed by atoms with E-state index in [1.807, 2.05) is 6.07 Å². The molecule has 98 valence electrons. The third-order valence-corrected chi connectivity index (χ3v) is 3.84. The number of hydrogen-bond acceptors (Lipinski definition) is 2. The molecule has 0 bridgehead atoms. The first kappa shape index (κ1) is 13.1. The molecule has 0 aromatic heterocycles. The van der Waals surface area contributed by atoms with Crippen LogP contribution in [0.2, 0.25) is 0 Å². The summed E-state index contributed by atoms with van der Waals surface area (Å²) in [5, 5.41) is 9.18. The number of hydrogen-bond donors (Lipinski definition) is 1. The number of likely N-dealkylation sites (tertiary alicyclic amines) is 1. The molecule has 0 saturated carbocycles. The van der Waals surface area contributed by atoms with Gasteiger partial charge in [0.15, 0.2) is 0 Å². The molecule has 1 unspecified atom stereocenters. The van der Waals surface area contributed by atoms with Crippen molar-refractivity contribution in [3.63, 3.8) is 0 Å². The Labute approximate surface area is 108 Å². The van der Waals surface area contributed by atoms with E-state index in [-0.39, 0.29) is 6.04 Å². The molecule has 18 heavy (non-hydrogen) atoms. The molecule has 2 atom stereocenters. The van der Waals surface area contributed by atoms with Crippen LogP contribution in [0.1, 0.15) is 31.7 Å². The number of carboxylic acids is 1. The highest BCUT2D eigenvalue weighted by molar-refractivity contribution is 5.73. The third kappa shape index (κ3) is 3.10. The predicted octanol–water partition coefficient (Wildman–Crippen LogP) is 2.56. The zero-order valence-electron chi connectivity index (χ0n) is 10.9. The molecule has 0 amide bonds. The van der Waals surface area contributed by atoms with Crippen LogP contribution < -0.4 is 0 Å². The summed E-state index contributed by atoms with van der Waals surface area (Å²) in [6.07, 6.45) is 3.84. The monoisotopic (exact) mass is 247 g/mol. The zero-order valence-corrected chi connectivity index (χ0v) is 10.9. The quantitative estimate of drug-likeness (QED) is 0.869. The summed E-state index contributed by atoms with van der Waals surface area (Å²) in [4.78, 5) is 13.3. The van der Waals surface area contributed by atoms with Crippen LogP contribution in [-0.4, -0.2) is 34.6 Å². The van der Waals surface area contributed by atoms with Crippen LogP contribution in [0, 0.1) is 0 Å². The SMILES string of the molecule is CC(CCc1ccccc1)N1CCC[C@H]1C(=O)O. The van der Waals surface area contributed by atoms with Gasteiger partial charge in [-0.3, -0.25) is 9.69 Å². The second-order valence-electron chi connectivity index (χ2n) is 5.11. The molecule has 1 fully saturated rings. The number of carbonyl (C=O) groups is 1. The first-order valence-corrected chi connectivity index (χ1v) is 6.71. The molecule has 0 radical (unpaired) electrons. The number of carboxylic acid groups (broad SMARTS) is 1. The summed E-state index contributed by atoms with van der Waals surface area (Å²) in [6.45, 7) is 3.07. The maximum absolute atomic E-state index is 11.1. The highest BCUT2D eigenvalue weighted by atomic mass is 16.4. The van der Waals surface area contributed by atoms with Crippen LogP contribution in [0.5, 0.6) is 0 Å². The molecule has 1 aliphatic rings. The Bertz CT molecular complexity index is 391. The summed E-state index contributed by atoms with van der Waals surface area (Å²) < 4.78 is 0. The molecule has 1 N–H and O–H groups in total. The fraction of sp³-hybridized carbons (Fsp3) is 0.533. The fourth-order valence-corrected chi connectivity index (χ4v) is 2.77. The summed E-state index contributed by atoms with van der Waals surface area (Å²) in [6, 6.07) is 10.5. The van der Waals surface area contributed by atoms with Gasteiger partial charge in [0.25, 0.3) is 0 Å². The average molecular weight is 247 g/mol. The minimum atomic E-state index is -0.668. The highest BCUT2D eigenvalue weighted by Gasteiger charge is 2.33. The van der Waals surface area contributed by atoms with E-state index in [0.29, 0.717) is 6.04 Å². The predicted molar refractivity (Wildman–Crippen MR) is 71.6 cm³/mol. The Balaban J connectivity index is 1.88. The van der Waals surface area contributed by atoms with Crippen molar-refractivity contribution in [2.24, 2.45) is 0 Å². The zero-order chi connectivity index (χ0) is 13.0. The minimum absolute atomic E-state index is 0.268. The number of aliphatic carboxylic acids is 1. The molecule has 1 aliphatic heterocycles. The number of benzene rings is 1. The van der Waals surface area contributed by atoms with Gasteiger partial charge in [-0.2, -0.15) is 0 Å². The van der Waals surface area contributed by atoms with Gasteiger partial charge in [-0.1, -0.05) is 30.3 Å². The van der Waals surface area contributed by atoms with Crippen molar-refractivity contribution in [2.45, 2.75) is 44.7 Å². The molecular weight excluding hydrogens is 226 g/mol. The molecular formula is C15H21NO2. The maximum atomic E-state index is 11.1. The van der Waals surface area contributed by atoms with E-state index in [1.165, 1.54) is 5.56 Å². The second-order valence-corrected chi connectivity index (χ2v) is 5.11. The van der Waals surface area contributed by atoms with E-state index >= 15 is 0 Å². The van der Waals surface area contributed by atoms with E-state index in [2.05, 4.69) is 36.1 Å². The normalized spacial score (nSPS) is 21.9. The molecule has 1 heterocycles. The topological polar surface area (TPSA) is 40.5 Å². The van der Waals surface area contributed by atoms with Crippen molar-refractivity contribution >= 4 is 5.97 Å². The van der Waals surface area contributed by atoms with E-state index in [4.69, 9.17) is 0 Å². The Kier molecular flexibility index (Phi) is 4.37. The third-order valence-electron chi connectivity index (χ3n) is 3.84. The molecule has 1 saturated heterocycles. The average Bonchev–Trinajstić information content (AvgIpc) is 2.86. The number of aryl methyl sites for hydroxylation is 1. The molecule has 2 rings (SSSR count). The Morgan fingerprint density at radius 2 is 2.17 bits per heavy atom. The summed E-state index contributed by atoms with van der Waals surface area (Å²) in [5.41, 5.74) is 1.33. The molecule has 1 aromatic carbocycles. The van der Waals surface area contributed by atoms with E-state index in [0.717, 1.165) is 32.2 Å². The van der Waals surface area contributed by atoms with Gasteiger partial charge in [0.05, 0.1) is 0 Å². The minimum Gasteiger partial charge on any atom is -0.480 e. The fourth-order valence-electron chi connectivity index (χ4n) is 2.77. The Morgan fingerprint density at radius 1 is 1.44 bits per heavy atom. The number of rotatable bonds is 5. The van der Waals surface area contributed by atoms with E-state index in [1.54, 1.807) is 0 Å². The smallest absolute Gasteiger partial charge is 0.320 e. The Morgan fingerprint density at radius 3 is 2.83 bits per heavy atom. The lowest BCUT2D eigenvalue weighted by molar-refractivity contribution is -0.142. The van der Waals surface area contributed by atoms with Crippen LogP contribution in [0.3, 0.4) is 0 Å². The van der Waals surface area contributed by atoms with Gasteiger partial charge in [-0.05, 0) is 44.7 Å². The van der Waals surface area contributed by atoms with Crippen LogP contribution in [0.15, 0.2) is 30.3 Å². The largest absolute Gasteiger partial charge is 0.480 e. The van der Waals surface area contributed by atoms with Gasteiger partial charge < -0.3 is 5.11 Å². The standard InChI is InChI=1S/C15H21NO2/c1-12(9-10-13-6-3-2-4-7-13)16-11-5-8-14(16)15(17)18/h2-4,6-7,12,14H,5,8-11H2,1H3,(H,17,18)/t12?,14-/m0/s1. The molecule has 1 aromatic rings. The Hall–Kier alpha value is -1.35. The first-order valence-electron chi connectivity index (χ1n) is 6.71. The van der Waals surface area contributed by atoms with Crippen molar-refractivity contribution in [3.8, 4) is 0 Å². The molecule has 3 nitrogen and oxygen atoms in total. The van der Waals surface area contributed by atoms with Crippen molar-refractivity contribution in [3.05, 3.63) is 35.9 Å². The molecule has 0 aliphatic carbocycles. The second kappa shape index (κ2) is 6.01. The van der Waals surface area contributed by atoms with Gasteiger partial charge in [0.1, 0.15) is 6.04 Å². The maximum Gasteiger partial charge on any atom is 0.320 e. The van der Waals surface area contributed by atoms with E-state index < -0.39 is 5.97 Å². The highest BCUT2D eigenvalue weighted by Crippen LogP contribution is 2.22. The van der Waals surface area contributed by atoms with Crippen LogP contribution in [0.4, 0.5) is 0 Å². The number of nitrogens with zero attached hydrogens (tertiary/aromatic N) is 1. The van der Waals surface area contributed by atoms with Crippen molar-refractivity contribution in [1.82, 2.24) is 4.90 Å². The van der Waals surface area contributed by atoms with Crippen LogP contribution in [-0.2, 0) is 11.2 Å². The van der Waals surface area contributed by atoms with Gasteiger partial charge in [0.2, 0.25) is 0 Å². The van der Waals surface area contributed by atoms with Gasteiger partial charge in [-0.25, -0.2) is 0 Å². The van der Waals surface area contributed by atoms with Crippen LogP contribution in [0.25, 0.3) is 0 Å². The molecule has 3 heteroatoms. The summed E-state index contributed by atoms with van der Waals surface area (Å²) in [7, 11) is 0. The van der Waals surface area contributed by atoms with Gasteiger partial charge in [-0.15, -0.1) is 0 Å². The lowest BCUT2D eigenvalue weighted by atomic mass is 10.0. The molecule has 0 spiro atoms. The lowest BCUT2D eigenvalue weighted by Crippen LogP contribution is -2.42. The van der Waals surface area contributed by atoms with Crippen molar-refractivity contribution < 1.29 is 9.90 Å². The van der Waals surface area contributed by atoms with Crippen molar-refractivity contribution in [1.29, 1.82) is 0 Å². The lowest BCUT2D eigenvalue weighted by Gasteiger charge is -2.28. The van der Waals surface area contributed by atoms with Crippen LogP contribution >= 0.6 is 0 Å². The van der Waals surface area contributed by atoms with Crippen molar-refractivity contribution in [2.75, 3.05) is 6.54 Å². The summed E-state index contributed by atoms with van der Waals surface area (Å²) in [5.74, 6) is -0.668. The van der Waals surface area contributed by atoms with Gasteiger partial charge >= 0.3 is 5.97 Å².